The standard InChI is InChI=1S/C32H35N3O3S2/c36-32(35-18-15-31-27(22-35)19-28(39-31)23-34-16-7-2-8-17-34)21-30(25-10-3-1-4-11-25)33-40(37,38)29-14-13-24-9-5-6-12-26(24)20-29/h1,3-6,9-14,19-20,30,33H,2,7-8,15-18,21-23H2/t30-/m1/s1. The summed E-state index contributed by atoms with van der Waals surface area (Å²) >= 11 is 1.89. The molecule has 208 valence electrons. The van der Waals surface area contributed by atoms with Crippen molar-refractivity contribution in [1.82, 2.24) is 14.5 Å². The zero-order valence-corrected chi connectivity index (χ0v) is 24.2. The molecule has 8 heteroatoms. The maximum Gasteiger partial charge on any atom is 0.241 e. The third-order valence-electron chi connectivity index (χ3n) is 8.01. The highest BCUT2D eigenvalue weighted by molar-refractivity contribution is 7.89. The van der Waals surface area contributed by atoms with E-state index >= 15 is 0 Å². The molecule has 1 saturated heterocycles. The molecule has 0 unspecified atom stereocenters. The maximum atomic E-state index is 13.6. The van der Waals surface area contributed by atoms with Crippen LogP contribution in [0.15, 0.2) is 83.8 Å². The molecule has 1 atom stereocenters. The van der Waals surface area contributed by atoms with Crippen LogP contribution in [0.5, 0.6) is 0 Å². The molecule has 2 aliphatic rings. The number of benzene rings is 3. The lowest BCUT2D eigenvalue weighted by atomic mass is 10.0. The van der Waals surface area contributed by atoms with Gasteiger partial charge in [0.05, 0.1) is 10.9 Å². The van der Waals surface area contributed by atoms with Gasteiger partial charge in [-0.25, -0.2) is 13.1 Å². The smallest absolute Gasteiger partial charge is 0.241 e. The van der Waals surface area contributed by atoms with E-state index < -0.39 is 16.1 Å². The van der Waals surface area contributed by atoms with Gasteiger partial charge in [0, 0.05) is 35.8 Å². The SMILES string of the molecule is O=C(C[C@@H](NS(=O)(=O)c1ccc2ccccc2c1)c1ccccc1)N1CCc2sc(CN3CCCCC3)cc2C1. The maximum absolute atomic E-state index is 13.6. The van der Waals surface area contributed by atoms with Crippen molar-refractivity contribution in [3.8, 4) is 0 Å². The fourth-order valence-corrected chi connectivity index (χ4v) is 8.30. The number of piperidine rings is 1. The highest BCUT2D eigenvalue weighted by Crippen LogP contribution is 2.31. The largest absolute Gasteiger partial charge is 0.338 e. The molecule has 1 fully saturated rings. The third-order valence-corrected chi connectivity index (χ3v) is 10.7. The monoisotopic (exact) mass is 573 g/mol. The Balaban J connectivity index is 1.17. The van der Waals surface area contributed by atoms with Crippen molar-refractivity contribution in [2.24, 2.45) is 0 Å². The Bertz CT molecular complexity index is 1590. The molecule has 1 N–H and O–H groups in total. The summed E-state index contributed by atoms with van der Waals surface area (Å²) in [5.74, 6) is -0.0375. The van der Waals surface area contributed by atoms with Crippen LogP contribution in [0.2, 0.25) is 0 Å². The molecule has 2 aliphatic heterocycles. The second-order valence-electron chi connectivity index (χ2n) is 10.9. The van der Waals surface area contributed by atoms with Crippen LogP contribution in [-0.2, 0) is 34.3 Å². The lowest BCUT2D eigenvalue weighted by molar-refractivity contribution is -0.132. The van der Waals surface area contributed by atoms with Gasteiger partial charge in [0.25, 0.3) is 0 Å². The number of hydrogen-bond donors (Lipinski definition) is 1. The van der Waals surface area contributed by atoms with Crippen molar-refractivity contribution in [3.63, 3.8) is 0 Å². The molecule has 6 rings (SSSR count). The highest BCUT2D eigenvalue weighted by atomic mass is 32.2. The Morgan fingerprint density at radius 1 is 0.875 bits per heavy atom. The Kier molecular flexibility index (Phi) is 8.03. The summed E-state index contributed by atoms with van der Waals surface area (Å²) in [5, 5.41) is 1.84. The van der Waals surface area contributed by atoms with Crippen molar-refractivity contribution < 1.29 is 13.2 Å². The van der Waals surface area contributed by atoms with E-state index in [9.17, 15) is 13.2 Å². The fourth-order valence-electron chi connectivity index (χ4n) is 5.83. The van der Waals surface area contributed by atoms with Gasteiger partial charge in [-0.2, -0.15) is 0 Å². The highest BCUT2D eigenvalue weighted by Gasteiger charge is 2.29. The number of nitrogens with one attached hydrogen (secondary N) is 1. The van der Waals surface area contributed by atoms with E-state index in [0.717, 1.165) is 29.3 Å². The number of sulfonamides is 1. The summed E-state index contributed by atoms with van der Waals surface area (Å²) in [6, 6.07) is 23.8. The second-order valence-corrected chi connectivity index (χ2v) is 13.8. The van der Waals surface area contributed by atoms with Crippen molar-refractivity contribution in [2.75, 3.05) is 19.6 Å². The van der Waals surface area contributed by atoms with Crippen molar-refractivity contribution in [2.45, 2.75) is 56.1 Å². The van der Waals surface area contributed by atoms with E-state index in [1.165, 1.54) is 47.7 Å². The zero-order chi connectivity index (χ0) is 27.5. The van der Waals surface area contributed by atoms with Crippen molar-refractivity contribution in [3.05, 3.63) is 99.7 Å². The van der Waals surface area contributed by atoms with Crippen LogP contribution in [0.25, 0.3) is 10.8 Å². The molecule has 3 aromatic carbocycles. The van der Waals surface area contributed by atoms with E-state index in [4.69, 9.17) is 0 Å². The van der Waals surface area contributed by atoms with Gasteiger partial charge in [-0.1, -0.05) is 67.1 Å². The molecule has 40 heavy (non-hydrogen) atoms. The van der Waals surface area contributed by atoms with E-state index in [-0.39, 0.29) is 17.2 Å². The summed E-state index contributed by atoms with van der Waals surface area (Å²) < 4.78 is 29.9. The third kappa shape index (κ3) is 6.15. The molecule has 1 amide bonds. The first-order chi connectivity index (χ1) is 19.4. The van der Waals surface area contributed by atoms with E-state index in [1.54, 1.807) is 12.1 Å². The number of amides is 1. The van der Waals surface area contributed by atoms with E-state index in [0.29, 0.717) is 13.1 Å². The molecule has 6 nitrogen and oxygen atoms in total. The molecule has 0 saturated carbocycles. The first-order valence-electron chi connectivity index (χ1n) is 14.1. The molecule has 0 aliphatic carbocycles. The molecule has 0 bridgehead atoms. The van der Waals surface area contributed by atoms with Gasteiger partial charge in [-0.05, 0) is 72.5 Å². The first-order valence-corrected chi connectivity index (χ1v) is 16.4. The van der Waals surface area contributed by atoms with Gasteiger partial charge in [-0.3, -0.25) is 9.69 Å². The van der Waals surface area contributed by atoms with E-state index in [1.807, 2.05) is 76.9 Å². The average Bonchev–Trinajstić information content (AvgIpc) is 3.39. The molecule has 3 heterocycles. The minimum absolute atomic E-state index is 0.0375. The van der Waals surface area contributed by atoms with Crippen molar-refractivity contribution in [1.29, 1.82) is 0 Å². The zero-order valence-electron chi connectivity index (χ0n) is 22.6. The number of hydrogen-bond acceptors (Lipinski definition) is 5. The Labute approximate surface area is 240 Å². The van der Waals surface area contributed by atoms with E-state index in [2.05, 4.69) is 15.7 Å². The van der Waals surface area contributed by atoms with Gasteiger partial charge in [0.1, 0.15) is 0 Å². The number of fused-ring (bicyclic) bond motifs is 2. The number of carbonyl (C=O) groups excluding carboxylic acids is 1. The minimum atomic E-state index is -3.86. The molecule has 0 spiro atoms. The number of nitrogens with zero attached hydrogens (tertiary/aromatic N) is 2. The van der Waals surface area contributed by atoms with Crippen LogP contribution in [0.1, 0.15) is 52.6 Å². The van der Waals surface area contributed by atoms with Gasteiger partial charge < -0.3 is 4.90 Å². The normalized spacial score (nSPS) is 17.1. The van der Waals surface area contributed by atoms with Crippen LogP contribution in [0, 0.1) is 0 Å². The summed E-state index contributed by atoms with van der Waals surface area (Å²) in [5.41, 5.74) is 2.02. The van der Waals surface area contributed by atoms with Crippen molar-refractivity contribution >= 4 is 38.0 Å². The van der Waals surface area contributed by atoms with Crippen LogP contribution in [0.4, 0.5) is 0 Å². The topological polar surface area (TPSA) is 69.7 Å². The van der Waals surface area contributed by atoms with Gasteiger partial charge in [-0.15, -0.1) is 11.3 Å². The Morgan fingerprint density at radius 3 is 2.42 bits per heavy atom. The quantitative estimate of drug-likeness (QED) is 0.286. The molecular formula is C32H35N3O3S2. The number of likely N-dealkylation sites (tertiary alicyclic amines) is 1. The average molecular weight is 574 g/mol. The first kappa shape index (κ1) is 27.1. The van der Waals surface area contributed by atoms with Gasteiger partial charge in [0.2, 0.25) is 15.9 Å². The van der Waals surface area contributed by atoms with Crippen LogP contribution < -0.4 is 4.72 Å². The van der Waals surface area contributed by atoms with Gasteiger partial charge >= 0.3 is 0 Å². The predicted octanol–water partition coefficient (Wildman–Crippen LogP) is 5.88. The predicted molar refractivity (Wildman–Crippen MR) is 161 cm³/mol. The number of thiophene rings is 1. The lowest BCUT2D eigenvalue weighted by Crippen LogP contribution is -2.38. The summed E-state index contributed by atoms with van der Waals surface area (Å²) in [6.45, 7) is 4.59. The molecule has 4 aromatic rings. The Hall–Kier alpha value is -3.04. The van der Waals surface area contributed by atoms with Crippen LogP contribution >= 0.6 is 11.3 Å². The fraction of sp³-hybridized carbons (Fsp3) is 0.344. The van der Waals surface area contributed by atoms with Gasteiger partial charge in [0.15, 0.2) is 0 Å². The van der Waals surface area contributed by atoms with Crippen LogP contribution in [0.3, 0.4) is 0 Å². The second kappa shape index (κ2) is 11.8. The molecule has 0 radical (unpaired) electrons. The van der Waals surface area contributed by atoms with Crippen LogP contribution in [-0.4, -0.2) is 43.8 Å². The Morgan fingerprint density at radius 2 is 1.62 bits per heavy atom. The number of carbonyl (C=O) groups is 1. The molecule has 1 aromatic heterocycles. The summed E-state index contributed by atoms with van der Waals surface area (Å²) in [4.78, 5) is 21.0. The lowest BCUT2D eigenvalue weighted by Gasteiger charge is -2.29. The summed E-state index contributed by atoms with van der Waals surface area (Å²) in [7, 11) is -3.86. The number of rotatable bonds is 8. The summed E-state index contributed by atoms with van der Waals surface area (Å²) in [6.07, 6.45) is 4.81. The minimum Gasteiger partial charge on any atom is -0.338 e. The molecular weight excluding hydrogens is 539 g/mol.